The Hall–Kier alpha value is -4.27. The fraction of sp³-hybridized carbons (Fsp3) is 0.353. The van der Waals surface area contributed by atoms with Crippen molar-refractivity contribution in [3.63, 3.8) is 0 Å². The maximum Gasteiger partial charge on any atom is 0.270 e. The van der Waals surface area contributed by atoms with Gasteiger partial charge >= 0.3 is 0 Å². The number of fused-ring (bicyclic) bond motifs is 1. The summed E-state index contributed by atoms with van der Waals surface area (Å²) >= 11 is 0. The van der Waals surface area contributed by atoms with E-state index in [1.54, 1.807) is 28.5 Å². The van der Waals surface area contributed by atoms with E-state index in [2.05, 4.69) is 11.6 Å². The minimum atomic E-state index is -3.01. The zero-order valence-corrected chi connectivity index (χ0v) is 25.3. The van der Waals surface area contributed by atoms with Crippen molar-refractivity contribution in [2.45, 2.75) is 65.6 Å². The number of aromatic nitrogens is 3. The molecule has 226 valence electrons. The topological polar surface area (TPSA) is 74.9 Å². The fourth-order valence-corrected chi connectivity index (χ4v) is 5.29. The van der Waals surface area contributed by atoms with Crippen LogP contribution >= 0.6 is 0 Å². The highest BCUT2D eigenvalue weighted by Crippen LogP contribution is 2.33. The van der Waals surface area contributed by atoms with Crippen molar-refractivity contribution in [3.8, 4) is 0 Å². The molecule has 1 amide bonds. The number of pyridine rings is 1. The van der Waals surface area contributed by atoms with Crippen LogP contribution in [-0.2, 0) is 5.92 Å². The molecule has 1 unspecified atom stereocenters. The number of likely N-dealkylation sites (tertiary alicyclic amines) is 1. The minimum absolute atomic E-state index is 0.0170. The second-order valence-corrected chi connectivity index (χ2v) is 11.4. The molecular formula is C34H38F3N5O. The molecule has 0 saturated carbocycles. The molecule has 5 rings (SSSR count). The molecular weight excluding hydrogens is 551 g/mol. The predicted octanol–water partition coefficient (Wildman–Crippen LogP) is 8.36. The Bertz CT molecular complexity index is 1640. The van der Waals surface area contributed by atoms with Crippen molar-refractivity contribution >= 4 is 22.7 Å². The summed E-state index contributed by atoms with van der Waals surface area (Å²) in [6.07, 6.45) is 1.55. The Morgan fingerprint density at radius 1 is 1.07 bits per heavy atom. The average Bonchev–Trinajstić information content (AvgIpc) is 3.36. The van der Waals surface area contributed by atoms with Crippen LogP contribution in [0.4, 0.5) is 13.2 Å². The highest BCUT2D eigenvalue weighted by molar-refractivity contribution is 6.10. The maximum absolute atomic E-state index is 14.5. The van der Waals surface area contributed by atoms with Crippen LogP contribution in [-0.4, -0.2) is 44.1 Å². The summed E-state index contributed by atoms with van der Waals surface area (Å²) in [5.74, 6) is -2.43. The molecule has 2 aromatic heterocycles. The number of halogens is 3. The molecule has 1 fully saturated rings. The summed E-state index contributed by atoms with van der Waals surface area (Å²) < 4.78 is 43.7. The van der Waals surface area contributed by atoms with E-state index in [1.807, 2.05) is 38.1 Å². The number of piperidine rings is 1. The number of imidazole rings is 1. The Kier molecular flexibility index (Phi) is 9.52. The van der Waals surface area contributed by atoms with Crippen molar-refractivity contribution in [1.82, 2.24) is 19.4 Å². The van der Waals surface area contributed by atoms with Gasteiger partial charge in [0, 0.05) is 43.3 Å². The Balaban J connectivity index is 0.000000996. The van der Waals surface area contributed by atoms with Gasteiger partial charge in [-0.25, -0.2) is 18.2 Å². The monoisotopic (exact) mass is 589 g/mol. The summed E-state index contributed by atoms with van der Waals surface area (Å²) in [7, 11) is 0. The molecule has 0 radical (unpaired) electrons. The Labute approximate surface area is 250 Å². The first kappa shape index (κ1) is 31.7. The Morgan fingerprint density at radius 3 is 2.33 bits per heavy atom. The number of rotatable bonds is 6. The number of carbonyl (C=O) groups excluding carboxylic acids is 1. The van der Waals surface area contributed by atoms with E-state index < -0.39 is 12.2 Å². The van der Waals surface area contributed by atoms with E-state index in [9.17, 15) is 18.0 Å². The first-order chi connectivity index (χ1) is 20.3. The van der Waals surface area contributed by atoms with E-state index >= 15 is 0 Å². The molecule has 1 atom stereocenters. The molecule has 1 saturated heterocycles. The van der Waals surface area contributed by atoms with E-state index in [1.165, 1.54) is 36.9 Å². The van der Waals surface area contributed by atoms with Crippen molar-refractivity contribution in [3.05, 3.63) is 107 Å². The second kappa shape index (κ2) is 12.9. The zero-order chi connectivity index (χ0) is 31.5. The second-order valence-electron chi connectivity index (χ2n) is 11.4. The van der Waals surface area contributed by atoms with E-state index in [4.69, 9.17) is 10.4 Å². The molecule has 1 aliphatic rings. The van der Waals surface area contributed by atoms with Crippen LogP contribution in [0, 0.1) is 12.3 Å². The van der Waals surface area contributed by atoms with Gasteiger partial charge in [-0.05, 0) is 70.4 Å². The molecule has 0 spiro atoms. The van der Waals surface area contributed by atoms with Crippen molar-refractivity contribution in [2.24, 2.45) is 0 Å². The highest BCUT2D eigenvalue weighted by Gasteiger charge is 2.30. The molecule has 6 nitrogen and oxygen atoms in total. The molecule has 0 bridgehead atoms. The zero-order valence-electron chi connectivity index (χ0n) is 25.3. The first-order valence-electron chi connectivity index (χ1n) is 14.3. The minimum Gasteiger partial charge on any atom is -0.339 e. The van der Waals surface area contributed by atoms with E-state index in [0.717, 1.165) is 18.0 Å². The number of hydrogen-bond acceptors (Lipinski definition) is 4. The van der Waals surface area contributed by atoms with Gasteiger partial charge in [-0.3, -0.25) is 19.8 Å². The fourth-order valence-electron chi connectivity index (χ4n) is 5.29. The number of para-hydroxylation sites is 2. The summed E-state index contributed by atoms with van der Waals surface area (Å²) in [6, 6.07) is 14.9. The van der Waals surface area contributed by atoms with E-state index in [-0.39, 0.29) is 23.1 Å². The number of allylic oxidation sites excluding steroid dienone is 1. The van der Waals surface area contributed by atoms with Crippen molar-refractivity contribution in [1.29, 1.82) is 5.41 Å². The molecule has 1 aliphatic heterocycles. The summed E-state index contributed by atoms with van der Waals surface area (Å²) in [5, 5.41) is 8.54. The van der Waals surface area contributed by atoms with Crippen LogP contribution in [0.3, 0.4) is 0 Å². The standard InChI is InChI=1S/C30H30F3N5O.C4H8/c1-18-15-22(17-35-27(18)26(34)21-7-6-8-23(16-21)30(3,32)33)29(39)37-13-11-20(12-14-37)28-36-24-9-4-5-10-25(24)38(28)19(2)31;1-4(2)3/h4-10,15-17,19-20,34H,11-14H2,1-3H3;1H2,2-3H3. The van der Waals surface area contributed by atoms with Gasteiger partial charge in [-0.1, -0.05) is 35.9 Å². The largest absolute Gasteiger partial charge is 0.339 e. The van der Waals surface area contributed by atoms with Crippen LogP contribution in [0.5, 0.6) is 0 Å². The average molecular weight is 590 g/mol. The van der Waals surface area contributed by atoms with Gasteiger partial charge in [0.1, 0.15) is 5.82 Å². The lowest BCUT2D eigenvalue weighted by molar-refractivity contribution is 0.0174. The van der Waals surface area contributed by atoms with Gasteiger partial charge in [0.25, 0.3) is 11.8 Å². The molecule has 3 heterocycles. The molecule has 43 heavy (non-hydrogen) atoms. The maximum atomic E-state index is 14.5. The first-order valence-corrected chi connectivity index (χ1v) is 14.3. The third-order valence-corrected chi connectivity index (χ3v) is 7.35. The molecule has 4 aromatic rings. The van der Waals surface area contributed by atoms with E-state index in [0.29, 0.717) is 54.1 Å². The van der Waals surface area contributed by atoms with Gasteiger partial charge in [0.05, 0.1) is 28.0 Å². The molecule has 2 aromatic carbocycles. The normalized spacial score (nSPS) is 14.7. The highest BCUT2D eigenvalue weighted by atomic mass is 19.3. The lowest BCUT2D eigenvalue weighted by atomic mass is 9.95. The number of aryl methyl sites for hydroxylation is 1. The SMILES string of the molecule is C=C(C)C.Cc1cc(C(=O)N2CCC(c3nc4ccccc4n3C(C)F)CC2)cnc1C(=N)c1cccc(C(C)(F)F)c1. The van der Waals surface area contributed by atoms with Crippen molar-refractivity contribution in [2.75, 3.05) is 13.1 Å². The number of benzene rings is 2. The lowest BCUT2D eigenvalue weighted by Gasteiger charge is -2.32. The van der Waals surface area contributed by atoms with Gasteiger partial charge in [0.15, 0.2) is 6.30 Å². The summed E-state index contributed by atoms with van der Waals surface area (Å²) in [4.78, 5) is 24.1. The predicted molar refractivity (Wildman–Crippen MR) is 165 cm³/mol. The van der Waals surface area contributed by atoms with Gasteiger partial charge in [-0.15, -0.1) is 6.58 Å². The summed E-state index contributed by atoms with van der Waals surface area (Å²) in [5.41, 5.74) is 4.22. The van der Waals surface area contributed by atoms with Crippen LogP contribution in [0.2, 0.25) is 0 Å². The number of hydrogen-bond donors (Lipinski definition) is 1. The van der Waals surface area contributed by atoms with Crippen LogP contribution in [0.15, 0.2) is 72.9 Å². The van der Waals surface area contributed by atoms with Crippen LogP contribution < -0.4 is 0 Å². The smallest absolute Gasteiger partial charge is 0.270 e. The summed E-state index contributed by atoms with van der Waals surface area (Å²) in [6.45, 7) is 12.6. The number of alkyl halides is 3. The lowest BCUT2D eigenvalue weighted by Crippen LogP contribution is -2.38. The van der Waals surface area contributed by atoms with Crippen LogP contribution in [0.1, 0.15) is 91.3 Å². The number of nitrogens with one attached hydrogen (secondary N) is 1. The Morgan fingerprint density at radius 2 is 1.72 bits per heavy atom. The molecule has 9 heteroatoms. The third-order valence-electron chi connectivity index (χ3n) is 7.35. The third kappa shape index (κ3) is 7.21. The number of carbonyl (C=O) groups is 1. The number of nitrogens with zero attached hydrogens (tertiary/aromatic N) is 4. The quantitative estimate of drug-likeness (QED) is 0.181. The molecule has 0 aliphatic carbocycles. The van der Waals surface area contributed by atoms with Crippen LogP contribution in [0.25, 0.3) is 11.0 Å². The van der Waals surface area contributed by atoms with Crippen molar-refractivity contribution < 1.29 is 18.0 Å². The number of amides is 1. The molecule has 1 N–H and O–H groups in total. The van der Waals surface area contributed by atoms with Gasteiger partial charge < -0.3 is 4.90 Å². The van der Waals surface area contributed by atoms with Gasteiger partial charge in [0.2, 0.25) is 0 Å². The van der Waals surface area contributed by atoms with Gasteiger partial charge in [-0.2, -0.15) is 0 Å².